The van der Waals surface area contributed by atoms with Gasteiger partial charge in [0.2, 0.25) is 5.91 Å². The first-order chi connectivity index (χ1) is 14.2. The van der Waals surface area contributed by atoms with Crippen molar-refractivity contribution in [3.8, 4) is 0 Å². The first-order valence-electron chi connectivity index (χ1n) is 9.95. The molecule has 2 amide bonds. The average Bonchev–Trinajstić information content (AvgIpc) is 3.54. The van der Waals surface area contributed by atoms with E-state index in [9.17, 15) is 9.59 Å². The summed E-state index contributed by atoms with van der Waals surface area (Å²) in [6.45, 7) is 2.10. The fourth-order valence-electron chi connectivity index (χ4n) is 4.43. The van der Waals surface area contributed by atoms with E-state index in [1.54, 1.807) is 22.7 Å². The van der Waals surface area contributed by atoms with E-state index in [0.717, 1.165) is 30.7 Å². The van der Waals surface area contributed by atoms with Crippen LogP contribution in [0.5, 0.6) is 0 Å². The van der Waals surface area contributed by atoms with Crippen LogP contribution in [0, 0.1) is 5.92 Å². The number of hydrogen-bond acceptors (Lipinski definition) is 5. The number of piperidine rings is 1. The minimum Gasteiger partial charge on any atom is -0.338 e. The van der Waals surface area contributed by atoms with Crippen LogP contribution in [-0.2, 0) is 11.2 Å². The molecule has 1 atom stereocenters. The lowest BCUT2D eigenvalue weighted by atomic mass is 9.91. The van der Waals surface area contributed by atoms with Gasteiger partial charge in [0.25, 0.3) is 5.91 Å². The summed E-state index contributed by atoms with van der Waals surface area (Å²) in [4.78, 5) is 33.6. The van der Waals surface area contributed by atoms with Crippen molar-refractivity contribution in [2.45, 2.75) is 25.3 Å². The predicted octanol–water partition coefficient (Wildman–Crippen LogP) is 4.90. The van der Waals surface area contributed by atoms with Gasteiger partial charge in [0.05, 0.1) is 10.9 Å². The number of carbonyl (C=O) groups excluding carboxylic acids is 2. The summed E-state index contributed by atoms with van der Waals surface area (Å²) in [5, 5.41) is 6.17. The second-order valence-electron chi connectivity index (χ2n) is 7.54. The van der Waals surface area contributed by atoms with Gasteiger partial charge in [-0.3, -0.25) is 9.59 Å². The third-order valence-corrected chi connectivity index (χ3v) is 8.70. The van der Waals surface area contributed by atoms with E-state index in [-0.39, 0.29) is 23.8 Å². The van der Waals surface area contributed by atoms with E-state index >= 15 is 0 Å². The van der Waals surface area contributed by atoms with Crippen LogP contribution in [0.3, 0.4) is 0 Å². The number of fused-ring (bicyclic) bond motifs is 1. The van der Waals surface area contributed by atoms with Crippen molar-refractivity contribution in [1.82, 2.24) is 9.80 Å². The summed E-state index contributed by atoms with van der Waals surface area (Å²) >= 11 is 5.01. The number of likely N-dealkylation sites (tertiary alicyclic amines) is 1. The summed E-state index contributed by atoms with van der Waals surface area (Å²) in [7, 11) is 0. The summed E-state index contributed by atoms with van der Waals surface area (Å²) in [6.07, 6.45) is 2.44. The molecule has 0 saturated carbocycles. The standard InChI is InChI=1S/C22H22N2O2S3/c25-21(15-5-9-23(10-6-15)22(26)19-4-2-13-28-19)24-11-7-17-16(8-14-29-17)20(24)18-3-1-12-27-18/h1-4,8,12-15,20H,5-7,9-11H2/t20-/m1/s1. The van der Waals surface area contributed by atoms with Crippen molar-refractivity contribution in [3.63, 3.8) is 0 Å². The fourth-order valence-corrected chi connectivity index (χ4v) is 6.88. The molecule has 2 aliphatic heterocycles. The second-order valence-corrected chi connectivity index (χ2v) is 10.5. The lowest BCUT2D eigenvalue weighted by molar-refractivity contribution is -0.139. The highest BCUT2D eigenvalue weighted by Crippen LogP contribution is 2.40. The molecule has 0 aliphatic carbocycles. The van der Waals surface area contributed by atoms with Crippen LogP contribution in [0.2, 0.25) is 0 Å². The maximum absolute atomic E-state index is 13.5. The van der Waals surface area contributed by atoms with E-state index in [0.29, 0.717) is 13.1 Å². The molecule has 5 heterocycles. The van der Waals surface area contributed by atoms with Gasteiger partial charge >= 0.3 is 0 Å². The molecule has 7 heteroatoms. The van der Waals surface area contributed by atoms with Crippen LogP contribution in [-0.4, -0.2) is 41.2 Å². The first kappa shape index (κ1) is 19.0. The summed E-state index contributed by atoms with van der Waals surface area (Å²) in [6, 6.07) is 10.2. The van der Waals surface area contributed by atoms with Crippen LogP contribution in [0.4, 0.5) is 0 Å². The Morgan fingerprint density at radius 2 is 1.69 bits per heavy atom. The highest BCUT2D eigenvalue weighted by atomic mass is 32.1. The van der Waals surface area contributed by atoms with Crippen LogP contribution in [0.1, 0.15) is 43.9 Å². The smallest absolute Gasteiger partial charge is 0.263 e. The first-order valence-corrected chi connectivity index (χ1v) is 12.6. The molecule has 2 aliphatic rings. The largest absolute Gasteiger partial charge is 0.338 e. The number of hydrogen-bond donors (Lipinski definition) is 0. The Bertz CT molecular complexity index is 985. The zero-order valence-electron chi connectivity index (χ0n) is 16.0. The number of nitrogens with zero attached hydrogens (tertiary/aromatic N) is 2. The molecular weight excluding hydrogens is 420 g/mol. The van der Waals surface area contributed by atoms with E-state index < -0.39 is 0 Å². The molecule has 1 fully saturated rings. The van der Waals surface area contributed by atoms with Gasteiger partial charge in [0.15, 0.2) is 0 Å². The Hall–Kier alpha value is -1.96. The molecule has 3 aromatic rings. The van der Waals surface area contributed by atoms with Crippen LogP contribution in [0.15, 0.2) is 46.5 Å². The summed E-state index contributed by atoms with van der Waals surface area (Å²) < 4.78 is 0. The summed E-state index contributed by atoms with van der Waals surface area (Å²) in [5.41, 5.74) is 1.29. The van der Waals surface area contributed by atoms with E-state index in [4.69, 9.17) is 0 Å². The highest BCUT2D eigenvalue weighted by Gasteiger charge is 2.38. The fraction of sp³-hybridized carbons (Fsp3) is 0.364. The lowest BCUT2D eigenvalue weighted by Gasteiger charge is -2.39. The Morgan fingerprint density at radius 3 is 2.41 bits per heavy atom. The third-order valence-electron chi connectivity index (χ3n) is 5.93. The van der Waals surface area contributed by atoms with Gasteiger partial charge in [-0.25, -0.2) is 0 Å². The molecule has 29 heavy (non-hydrogen) atoms. The molecule has 0 bridgehead atoms. The lowest BCUT2D eigenvalue weighted by Crippen LogP contribution is -2.47. The Labute approximate surface area is 182 Å². The van der Waals surface area contributed by atoms with E-state index in [2.05, 4.69) is 33.9 Å². The zero-order chi connectivity index (χ0) is 19.8. The van der Waals surface area contributed by atoms with Crippen molar-refractivity contribution in [3.05, 3.63) is 66.7 Å². The normalized spacial score (nSPS) is 19.9. The Balaban J connectivity index is 1.31. The average molecular weight is 443 g/mol. The molecule has 4 nitrogen and oxygen atoms in total. The van der Waals surface area contributed by atoms with Crippen molar-refractivity contribution in [1.29, 1.82) is 0 Å². The van der Waals surface area contributed by atoms with Gasteiger partial charge in [0.1, 0.15) is 0 Å². The minimum atomic E-state index is 0.00466. The quantitative estimate of drug-likeness (QED) is 0.579. The second kappa shape index (κ2) is 8.05. The molecule has 0 spiro atoms. The Morgan fingerprint density at radius 1 is 0.897 bits per heavy atom. The molecule has 5 rings (SSSR count). The Kier molecular flexibility index (Phi) is 5.28. The molecule has 150 valence electrons. The number of amides is 2. The minimum absolute atomic E-state index is 0.00466. The molecule has 0 N–H and O–H groups in total. The third kappa shape index (κ3) is 3.56. The van der Waals surface area contributed by atoms with Gasteiger partial charge in [-0.15, -0.1) is 34.0 Å². The monoisotopic (exact) mass is 442 g/mol. The number of thiophene rings is 3. The summed E-state index contributed by atoms with van der Waals surface area (Å²) in [5.74, 6) is 0.358. The number of rotatable bonds is 3. The topological polar surface area (TPSA) is 40.6 Å². The van der Waals surface area contributed by atoms with Gasteiger partial charge in [-0.05, 0) is 59.2 Å². The van der Waals surface area contributed by atoms with Gasteiger partial charge in [-0.1, -0.05) is 12.1 Å². The van der Waals surface area contributed by atoms with Crippen molar-refractivity contribution in [2.24, 2.45) is 5.92 Å². The van der Waals surface area contributed by atoms with Crippen molar-refractivity contribution < 1.29 is 9.59 Å². The van der Waals surface area contributed by atoms with Gasteiger partial charge in [0, 0.05) is 35.3 Å². The maximum Gasteiger partial charge on any atom is 0.263 e. The molecule has 0 aromatic carbocycles. The molecule has 0 radical (unpaired) electrons. The molecule has 1 saturated heterocycles. The molecule has 3 aromatic heterocycles. The van der Waals surface area contributed by atoms with Crippen LogP contribution < -0.4 is 0 Å². The number of carbonyl (C=O) groups is 2. The van der Waals surface area contributed by atoms with Crippen molar-refractivity contribution in [2.75, 3.05) is 19.6 Å². The SMILES string of the molecule is O=C(c1cccs1)N1CCC(C(=O)N2CCc3sccc3[C@@H]2c2cccs2)CC1. The van der Waals surface area contributed by atoms with E-state index in [1.165, 1.54) is 26.7 Å². The van der Waals surface area contributed by atoms with Crippen LogP contribution in [0.25, 0.3) is 0 Å². The predicted molar refractivity (Wildman–Crippen MR) is 119 cm³/mol. The maximum atomic E-state index is 13.5. The zero-order valence-corrected chi connectivity index (χ0v) is 18.4. The van der Waals surface area contributed by atoms with E-state index in [1.807, 2.05) is 22.4 Å². The van der Waals surface area contributed by atoms with Gasteiger partial charge in [-0.2, -0.15) is 0 Å². The molecule has 0 unspecified atom stereocenters. The highest BCUT2D eigenvalue weighted by molar-refractivity contribution is 7.12. The van der Waals surface area contributed by atoms with Gasteiger partial charge < -0.3 is 9.80 Å². The van der Waals surface area contributed by atoms with Crippen molar-refractivity contribution >= 4 is 45.8 Å². The molecular formula is C22H22N2O2S3. The van der Waals surface area contributed by atoms with Crippen LogP contribution >= 0.6 is 34.0 Å².